The number of amides is 2. The van der Waals surface area contributed by atoms with Crippen molar-refractivity contribution in [2.24, 2.45) is 0 Å². The molecule has 2 aliphatic rings. The highest BCUT2D eigenvalue weighted by Crippen LogP contribution is 2.39. The van der Waals surface area contributed by atoms with Crippen molar-refractivity contribution < 1.29 is 19.1 Å². The zero-order valence-electron chi connectivity index (χ0n) is 19.8. The molecular formula is C26H31N3O4. The van der Waals surface area contributed by atoms with Gasteiger partial charge < -0.3 is 19.3 Å². The monoisotopic (exact) mass is 449 g/mol. The Kier molecular flexibility index (Phi) is 6.70. The number of likely N-dealkylation sites (N-methyl/N-ethyl adjacent to an activating group) is 1. The third-order valence-electron chi connectivity index (χ3n) is 6.22. The van der Waals surface area contributed by atoms with Crippen molar-refractivity contribution in [3.8, 4) is 11.5 Å². The van der Waals surface area contributed by atoms with Crippen LogP contribution in [-0.2, 0) is 9.59 Å². The molecule has 2 aromatic carbocycles. The lowest BCUT2D eigenvalue weighted by Gasteiger charge is -2.36. The number of carbonyl (C=O) groups excluding carboxylic acids is 2. The molecule has 1 saturated heterocycles. The molecule has 1 fully saturated rings. The molecule has 33 heavy (non-hydrogen) atoms. The van der Waals surface area contributed by atoms with Crippen molar-refractivity contribution in [2.45, 2.75) is 20.8 Å². The minimum atomic E-state index is -0.332. The van der Waals surface area contributed by atoms with E-state index in [1.165, 1.54) is 4.90 Å². The van der Waals surface area contributed by atoms with Gasteiger partial charge in [0.25, 0.3) is 11.8 Å². The Morgan fingerprint density at radius 2 is 1.61 bits per heavy atom. The van der Waals surface area contributed by atoms with E-state index < -0.39 is 0 Å². The maximum absolute atomic E-state index is 13.8. The minimum Gasteiger partial charge on any atom is -0.495 e. The number of carbonyl (C=O) groups is 2. The second-order valence-electron chi connectivity index (χ2n) is 8.22. The fourth-order valence-corrected chi connectivity index (χ4v) is 4.44. The van der Waals surface area contributed by atoms with Crippen molar-refractivity contribution in [3.63, 3.8) is 0 Å². The van der Waals surface area contributed by atoms with Gasteiger partial charge in [0.2, 0.25) is 0 Å². The van der Waals surface area contributed by atoms with Crippen LogP contribution in [0.5, 0.6) is 11.5 Å². The van der Waals surface area contributed by atoms with Crippen molar-refractivity contribution in [3.05, 3.63) is 59.3 Å². The predicted molar refractivity (Wildman–Crippen MR) is 128 cm³/mol. The Morgan fingerprint density at radius 1 is 0.909 bits per heavy atom. The maximum atomic E-state index is 13.8. The molecule has 2 aliphatic heterocycles. The first-order valence-corrected chi connectivity index (χ1v) is 11.5. The highest BCUT2D eigenvalue weighted by atomic mass is 16.5. The first-order valence-electron chi connectivity index (χ1n) is 11.5. The van der Waals surface area contributed by atoms with Crippen molar-refractivity contribution >= 4 is 23.1 Å². The van der Waals surface area contributed by atoms with Gasteiger partial charge in [0.05, 0.1) is 25.0 Å². The molecule has 0 radical (unpaired) electrons. The van der Waals surface area contributed by atoms with Crippen LogP contribution in [-0.4, -0.2) is 68.1 Å². The molecule has 0 bridgehead atoms. The molecule has 0 N–H and O–H groups in total. The SMILES string of the molecule is CCOc1ccc(C2=C(N3CCN(CC)CC3)C(=O)N(c3cc(C)ccc3OC)C2=O)cc1. The number of benzene rings is 2. The highest BCUT2D eigenvalue weighted by Gasteiger charge is 2.44. The van der Waals surface area contributed by atoms with Gasteiger partial charge in [-0.3, -0.25) is 9.59 Å². The third-order valence-corrected chi connectivity index (χ3v) is 6.22. The largest absolute Gasteiger partial charge is 0.495 e. The summed E-state index contributed by atoms with van der Waals surface area (Å²) in [5.74, 6) is 0.582. The first kappa shape index (κ1) is 22.9. The second-order valence-corrected chi connectivity index (χ2v) is 8.22. The molecule has 2 aromatic rings. The van der Waals surface area contributed by atoms with E-state index >= 15 is 0 Å². The van der Waals surface area contributed by atoms with Crippen LogP contribution in [0.4, 0.5) is 5.69 Å². The Labute approximate surface area is 195 Å². The van der Waals surface area contributed by atoms with Crippen LogP contribution in [0.3, 0.4) is 0 Å². The van der Waals surface area contributed by atoms with Gasteiger partial charge in [-0.05, 0) is 55.8 Å². The van der Waals surface area contributed by atoms with E-state index in [0.717, 1.165) is 30.9 Å². The number of rotatable bonds is 7. The number of piperazine rings is 1. The van der Waals surface area contributed by atoms with Gasteiger partial charge in [0.15, 0.2) is 0 Å². The van der Waals surface area contributed by atoms with Gasteiger partial charge in [-0.2, -0.15) is 0 Å². The summed E-state index contributed by atoms with van der Waals surface area (Å²) in [5, 5.41) is 0. The Morgan fingerprint density at radius 3 is 2.21 bits per heavy atom. The summed E-state index contributed by atoms with van der Waals surface area (Å²) in [6.07, 6.45) is 0. The molecule has 0 unspecified atom stereocenters. The van der Waals surface area contributed by atoms with Crippen molar-refractivity contribution in [1.29, 1.82) is 0 Å². The topological polar surface area (TPSA) is 62.3 Å². The summed E-state index contributed by atoms with van der Waals surface area (Å²) in [6.45, 7) is 10.6. The Bertz CT molecular complexity index is 1070. The summed E-state index contributed by atoms with van der Waals surface area (Å²) in [6, 6.07) is 12.9. The number of aryl methyl sites for hydroxylation is 1. The van der Waals surface area contributed by atoms with Crippen molar-refractivity contribution in [2.75, 3.05) is 51.3 Å². The summed E-state index contributed by atoms with van der Waals surface area (Å²) in [5.41, 5.74) is 3.01. The number of hydrogen-bond donors (Lipinski definition) is 0. The zero-order valence-corrected chi connectivity index (χ0v) is 19.8. The summed E-state index contributed by atoms with van der Waals surface area (Å²) >= 11 is 0. The van der Waals surface area contributed by atoms with Gasteiger partial charge in [0, 0.05) is 26.2 Å². The van der Waals surface area contributed by atoms with Crippen LogP contribution in [0.1, 0.15) is 25.0 Å². The van der Waals surface area contributed by atoms with E-state index in [1.807, 2.05) is 50.2 Å². The number of hydrogen-bond acceptors (Lipinski definition) is 6. The third kappa shape index (κ3) is 4.33. The quantitative estimate of drug-likeness (QED) is 0.605. The number of anilines is 1. The summed E-state index contributed by atoms with van der Waals surface area (Å²) < 4.78 is 11.1. The molecule has 0 aliphatic carbocycles. The molecule has 0 spiro atoms. The molecule has 174 valence electrons. The highest BCUT2D eigenvalue weighted by molar-refractivity contribution is 6.45. The van der Waals surface area contributed by atoms with Crippen molar-refractivity contribution in [1.82, 2.24) is 9.80 Å². The lowest BCUT2D eigenvalue weighted by molar-refractivity contribution is -0.120. The molecule has 0 atom stereocenters. The van der Waals surface area contributed by atoms with Crippen LogP contribution in [0.25, 0.3) is 5.57 Å². The molecule has 7 nitrogen and oxygen atoms in total. The van der Waals surface area contributed by atoms with E-state index in [4.69, 9.17) is 9.47 Å². The van der Waals surface area contributed by atoms with Gasteiger partial charge in [-0.25, -0.2) is 4.90 Å². The van der Waals surface area contributed by atoms with E-state index in [0.29, 0.717) is 48.0 Å². The average Bonchev–Trinajstić information content (AvgIpc) is 3.09. The number of nitrogens with zero attached hydrogens (tertiary/aromatic N) is 3. The molecule has 4 rings (SSSR count). The fraction of sp³-hybridized carbons (Fsp3) is 0.385. The number of methoxy groups -OCH3 is 1. The standard InChI is InChI=1S/C26H31N3O4/c1-5-27-13-15-28(16-14-27)24-23(19-8-10-20(11-9-19)33-6-2)25(30)29(26(24)31)21-17-18(3)7-12-22(21)32-4/h7-12,17H,5-6,13-16H2,1-4H3. The van der Waals surface area contributed by atoms with Gasteiger partial charge in [-0.1, -0.05) is 25.1 Å². The smallest absolute Gasteiger partial charge is 0.282 e. The first-order chi connectivity index (χ1) is 16.0. The second kappa shape index (κ2) is 9.67. The molecule has 0 aromatic heterocycles. The molecule has 7 heteroatoms. The van der Waals surface area contributed by atoms with Crippen LogP contribution in [0.15, 0.2) is 48.2 Å². The predicted octanol–water partition coefficient (Wildman–Crippen LogP) is 3.32. The van der Waals surface area contributed by atoms with Gasteiger partial charge in [0.1, 0.15) is 17.2 Å². The minimum absolute atomic E-state index is 0.308. The Balaban J connectivity index is 1.79. The van der Waals surface area contributed by atoms with Gasteiger partial charge in [-0.15, -0.1) is 0 Å². The summed E-state index contributed by atoms with van der Waals surface area (Å²) in [7, 11) is 1.55. The normalized spacial score (nSPS) is 17.2. The Hall–Kier alpha value is -3.32. The van der Waals surface area contributed by atoms with Crippen LogP contribution < -0.4 is 14.4 Å². The van der Waals surface area contributed by atoms with Gasteiger partial charge >= 0.3 is 0 Å². The molecule has 2 amide bonds. The lowest BCUT2D eigenvalue weighted by atomic mass is 10.0. The van der Waals surface area contributed by atoms with Crippen LogP contribution >= 0.6 is 0 Å². The number of ether oxygens (including phenoxy) is 2. The summed E-state index contributed by atoms with van der Waals surface area (Å²) in [4.78, 5) is 33.3. The molecular weight excluding hydrogens is 418 g/mol. The van der Waals surface area contributed by atoms with Crippen LogP contribution in [0.2, 0.25) is 0 Å². The fourth-order valence-electron chi connectivity index (χ4n) is 4.44. The zero-order chi connectivity index (χ0) is 23.5. The maximum Gasteiger partial charge on any atom is 0.282 e. The van der Waals surface area contributed by atoms with Crippen LogP contribution in [0, 0.1) is 6.92 Å². The van der Waals surface area contributed by atoms with E-state index in [-0.39, 0.29) is 11.8 Å². The van der Waals surface area contributed by atoms with E-state index in [1.54, 1.807) is 13.2 Å². The van der Waals surface area contributed by atoms with E-state index in [2.05, 4.69) is 16.7 Å². The number of imide groups is 1. The lowest BCUT2D eigenvalue weighted by Crippen LogP contribution is -2.47. The average molecular weight is 450 g/mol. The molecule has 2 heterocycles. The molecule has 0 saturated carbocycles. The van der Waals surface area contributed by atoms with E-state index in [9.17, 15) is 9.59 Å².